The molecule has 1 aromatic heterocycles. The molecule has 7 heteroatoms. The standard InChI is InChI=1S/C23H28N4O2.ClH/c1-24-22(28)21-11-10-19(16-25-21)17-6-8-18(9-7-17)23(29)27-13-3-12-26(14-15-27)20-4-2-5-20;/h6-11,16,20H,2-5,12-15H2,1H3,(H,24,28);1H. The van der Waals surface area contributed by atoms with Gasteiger partial charge in [0.1, 0.15) is 5.69 Å². The Morgan fingerprint density at radius 1 is 0.933 bits per heavy atom. The van der Waals surface area contributed by atoms with Crippen molar-refractivity contribution in [2.24, 2.45) is 0 Å². The molecule has 0 atom stereocenters. The van der Waals surface area contributed by atoms with Crippen molar-refractivity contribution in [2.45, 2.75) is 31.7 Å². The molecule has 0 bridgehead atoms. The average molecular weight is 429 g/mol. The van der Waals surface area contributed by atoms with Gasteiger partial charge in [-0.1, -0.05) is 24.6 Å². The highest BCUT2D eigenvalue weighted by Gasteiger charge is 2.28. The molecule has 1 aliphatic heterocycles. The first kappa shape index (κ1) is 22.2. The number of nitrogens with zero attached hydrogens (tertiary/aromatic N) is 3. The highest BCUT2D eigenvalue weighted by atomic mass is 35.5. The summed E-state index contributed by atoms with van der Waals surface area (Å²) in [5.74, 6) is -0.0917. The molecule has 1 aliphatic carbocycles. The fraction of sp³-hybridized carbons (Fsp3) is 0.435. The molecule has 2 fully saturated rings. The number of pyridine rings is 1. The van der Waals surface area contributed by atoms with Gasteiger partial charge in [-0.2, -0.15) is 0 Å². The average Bonchev–Trinajstić information content (AvgIpc) is 2.98. The number of nitrogens with one attached hydrogen (secondary N) is 1. The minimum Gasteiger partial charge on any atom is -0.354 e. The third-order valence-electron chi connectivity index (χ3n) is 6.10. The predicted octanol–water partition coefficient (Wildman–Crippen LogP) is 3.23. The van der Waals surface area contributed by atoms with Crippen molar-refractivity contribution in [2.75, 3.05) is 33.2 Å². The van der Waals surface area contributed by atoms with Crippen LogP contribution < -0.4 is 5.32 Å². The van der Waals surface area contributed by atoms with Crippen molar-refractivity contribution in [3.8, 4) is 11.1 Å². The lowest BCUT2D eigenvalue weighted by Crippen LogP contribution is -2.42. The summed E-state index contributed by atoms with van der Waals surface area (Å²) in [4.78, 5) is 33.3. The van der Waals surface area contributed by atoms with Gasteiger partial charge in [0.25, 0.3) is 11.8 Å². The SMILES string of the molecule is CNC(=O)c1ccc(-c2ccc(C(=O)N3CCCN(C4CCC4)CC3)cc2)cn1.Cl. The van der Waals surface area contributed by atoms with Crippen molar-refractivity contribution in [3.63, 3.8) is 0 Å². The maximum Gasteiger partial charge on any atom is 0.269 e. The summed E-state index contributed by atoms with van der Waals surface area (Å²) in [7, 11) is 1.59. The molecule has 6 nitrogen and oxygen atoms in total. The van der Waals surface area contributed by atoms with E-state index in [2.05, 4.69) is 15.2 Å². The molecule has 1 saturated carbocycles. The minimum absolute atomic E-state index is 0. The van der Waals surface area contributed by atoms with Crippen molar-refractivity contribution < 1.29 is 9.59 Å². The van der Waals surface area contributed by atoms with Gasteiger partial charge in [0.2, 0.25) is 0 Å². The molecule has 160 valence electrons. The number of halogens is 1. The molecule has 1 N–H and O–H groups in total. The first-order valence-corrected chi connectivity index (χ1v) is 10.5. The first-order chi connectivity index (χ1) is 14.2. The highest BCUT2D eigenvalue weighted by molar-refractivity contribution is 5.95. The summed E-state index contributed by atoms with van der Waals surface area (Å²) in [5, 5.41) is 2.56. The number of hydrogen-bond donors (Lipinski definition) is 1. The van der Waals surface area contributed by atoms with Crippen molar-refractivity contribution >= 4 is 24.2 Å². The molecular formula is C23H29ClN4O2. The lowest BCUT2D eigenvalue weighted by atomic mass is 9.91. The topological polar surface area (TPSA) is 65.5 Å². The van der Waals surface area contributed by atoms with E-state index < -0.39 is 0 Å². The lowest BCUT2D eigenvalue weighted by molar-refractivity contribution is 0.0749. The Morgan fingerprint density at radius 3 is 2.27 bits per heavy atom. The van der Waals surface area contributed by atoms with Crippen molar-refractivity contribution in [1.82, 2.24) is 20.1 Å². The molecule has 30 heavy (non-hydrogen) atoms. The normalized spacial score (nSPS) is 17.4. The van der Waals surface area contributed by atoms with Gasteiger partial charge in [-0.05, 0) is 43.0 Å². The number of hydrogen-bond acceptors (Lipinski definition) is 4. The molecule has 0 unspecified atom stereocenters. The number of aromatic nitrogens is 1. The number of amides is 2. The van der Waals surface area contributed by atoms with Gasteiger partial charge in [-0.3, -0.25) is 19.5 Å². The summed E-state index contributed by atoms with van der Waals surface area (Å²) < 4.78 is 0. The zero-order valence-electron chi connectivity index (χ0n) is 17.3. The van der Waals surface area contributed by atoms with Gasteiger partial charge < -0.3 is 10.2 Å². The zero-order valence-corrected chi connectivity index (χ0v) is 18.2. The van der Waals surface area contributed by atoms with Crippen LogP contribution >= 0.6 is 12.4 Å². The van der Waals surface area contributed by atoms with Crippen molar-refractivity contribution in [3.05, 3.63) is 53.9 Å². The van der Waals surface area contributed by atoms with Gasteiger partial charge in [0.15, 0.2) is 0 Å². The highest BCUT2D eigenvalue weighted by Crippen LogP contribution is 2.26. The first-order valence-electron chi connectivity index (χ1n) is 10.5. The minimum atomic E-state index is -0.203. The Bertz CT molecular complexity index is 866. The molecule has 1 saturated heterocycles. The number of carbonyl (C=O) groups excluding carboxylic acids is 2. The molecular weight excluding hydrogens is 400 g/mol. The largest absolute Gasteiger partial charge is 0.354 e. The molecule has 2 aliphatic rings. The smallest absolute Gasteiger partial charge is 0.269 e. The summed E-state index contributed by atoms with van der Waals surface area (Å²) in [6, 6.07) is 12.0. The third-order valence-corrected chi connectivity index (χ3v) is 6.10. The monoisotopic (exact) mass is 428 g/mol. The van der Waals surface area contributed by atoms with Crippen LogP contribution in [0.25, 0.3) is 11.1 Å². The van der Waals surface area contributed by atoms with Crippen LogP contribution in [0.15, 0.2) is 42.6 Å². The number of rotatable bonds is 4. The molecule has 2 aromatic rings. The van der Waals surface area contributed by atoms with Gasteiger partial charge in [-0.25, -0.2) is 0 Å². The lowest BCUT2D eigenvalue weighted by Gasteiger charge is -2.36. The fourth-order valence-corrected chi connectivity index (χ4v) is 4.07. The Balaban J connectivity index is 0.00000256. The van der Waals surface area contributed by atoms with E-state index in [1.165, 1.54) is 19.3 Å². The Kier molecular flexibility index (Phi) is 7.45. The summed E-state index contributed by atoms with van der Waals surface area (Å²) in [5.41, 5.74) is 3.01. The number of benzene rings is 1. The Morgan fingerprint density at radius 2 is 1.67 bits per heavy atom. The zero-order chi connectivity index (χ0) is 20.2. The maximum absolute atomic E-state index is 13.0. The van der Waals surface area contributed by atoms with Gasteiger partial charge >= 0.3 is 0 Å². The second-order valence-corrected chi connectivity index (χ2v) is 7.86. The second-order valence-electron chi connectivity index (χ2n) is 7.86. The van der Waals surface area contributed by atoms with E-state index in [9.17, 15) is 9.59 Å². The Labute approximate surface area is 184 Å². The molecule has 1 aromatic carbocycles. The van der Waals surface area contributed by atoms with Crippen LogP contribution in [-0.2, 0) is 0 Å². The van der Waals surface area contributed by atoms with E-state index in [0.717, 1.165) is 55.3 Å². The Hall–Kier alpha value is -2.44. The van der Waals surface area contributed by atoms with E-state index in [-0.39, 0.29) is 24.2 Å². The van der Waals surface area contributed by atoms with Crippen LogP contribution in [0.5, 0.6) is 0 Å². The van der Waals surface area contributed by atoms with Crippen LogP contribution in [0.4, 0.5) is 0 Å². The molecule has 2 amide bonds. The van der Waals surface area contributed by atoms with E-state index in [0.29, 0.717) is 5.69 Å². The van der Waals surface area contributed by atoms with Gasteiger partial charge in [-0.15, -0.1) is 12.4 Å². The summed E-state index contributed by atoms with van der Waals surface area (Å²) in [6.07, 6.45) is 6.71. The van der Waals surface area contributed by atoms with Gasteiger partial charge in [0.05, 0.1) is 0 Å². The maximum atomic E-state index is 13.0. The summed E-state index contributed by atoms with van der Waals surface area (Å²) in [6.45, 7) is 3.72. The van der Waals surface area contributed by atoms with Crippen molar-refractivity contribution in [1.29, 1.82) is 0 Å². The molecule has 4 rings (SSSR count). The van der Waals surface area contributed by atoms with E-state index in [1.807, 2.05) is 35.2 Å². The van der Waals surface area contributed by atoms with Gasteiger partial charge in [0, 0.05) is 56.6 Å². The molecule has 0 spiro atoms. The fourth-order valence-electron chi connectivity index (χ4n) is 4.07. The summed E-state index contributed by atoms with van der Waals surface area (Å²) >= 11 is 0. The quantitative estimate of drug-likeness (QED) is 0.811. The second kappa shape index (κ2) is 10.0. The van der Waals surface area contributed by atoms with E-state index in [1.54, 1.807) is 19.3 Å². The van der Waals surface area contributed by atoms with E-state index >= 15 is 0 Å². The van der Waals surface area contributed by atoms with Crippen LogP contribution in [-0.4, -0.2) is 65.9 Å². The van der Waals surface area contributed by atoms with Crippen LogP contribution in [0, 0.1) is 0 Å². The molecule has 2 heterocycles. The predicted molar refractivity (Wildman–Crippen MR) is 120 cm³/mol. The van der Waals surface area contributed by atoms with Crippen LogP contribution in [0.3, 0.4) is 0 Å². The molecule has 0 radical (unpaired) electrons. The van der Waals surface area contributed by atoms with Crippen LogP contribution in [0.1, 0.15) is 46.5 Å². The van der Waals surface area contributed by atoms with Crippen LogP contribution in [0.2, 0.25) is 0 Å². The third kappa shape index (κ3) is 4.82. The van der Waals surface area contributed by atoms with E-state index in [4.69, 9.17) is 0 Å². The number of carbonyl (C=O) groups is 2.